The van der Waals surface area contributed by atoms with Gasteiger partial charge in [-0.1, -0.05) is 0 Å². The van der Waals surface area contributed by atoms with Gasteiger partial charge in [0.1, 0.15) is 0 Å². The summed E-state index contributed by atoms with van der Waals surface area (Å²) in [5, 5.41) is 6.67. The fraction of sp³-hybridized carbons (Fsp3) is 1.00. The van der Waals surface area contributed by atoms with Crippen LogP contribution in [0.5, 0.6) is 0 Å². The Morgan fingerprint density at radius 3 is 2.40 bits per heavy atom. The number of hydrogen-bond acceptors (Lipinski definition) is 3. The molecule has 1 fully saturated rings. The minimum Gasteiger partial charge on any atom is -0.361 e. The third-order valence-corrected chi connectivity index (χ3v) is 2.55. The summed E-state index contributed by atoms with van der Waals surface area (Å²) in [6.45, 7) is 0.475. The van der Waals surface area contributed by atoms with Crippen LogP contribution in [0.15, 0.2) is 0 Å². The van der Waals surface area contributed by atoms with Crippen LogP contribution in [-0.2, 0) is 14.8 Å². The third-order valence-electron chi connectivity index (χ3n) is 1.48. The first kappa shape index (κ1) is 7.97. The second-order valence-electron chi connectivity index (χ2n) is 2.34. The Kier molecular flexibility index (Phi) is 2.28. The lowest BCUT2D eigenvalue weighted by Crippen LogP contribution is -2.28. The molecular weight excluding hydrogens is 154 g/mol. The molecule has 59 valence electrons. The van der Waals surface area contributed by atoms with Gasteiger partial charge < -0.3 is 4.74 Å². The summed E-state index contributed by atoms with van der Waals surface area (Å²) in [6.07, 6.45) is 2.24. The average Bonchev–Trinajstić information content (AvgIpc) is 1.88. The Balaban J connectivity index is 2.56. The minimum absolute atomic E-state index is 0.475. The molecular formula is C5H10NO3S. The lowest BCUT2D eigenvalue weighted by molar-refractivity contribution is 0.0660. The van der Waals surface area contributed by atoms with Crippen LogP contribution in [0, 0.1) is 0 Å². The molecule has 0 aromatic heterocycles. The molecule has 0 bridgehead atoms. The van der Waals surface area contributed by atoms with Crippen molar-refractivity contribution >= 4 is 10.0 Å². The summed E-state index contributed by atoms with van der Waals surface area (Å²) in [4.78, 5) is 0. The van der Waals surface area contributed by atoms with E-state index in [0.717, 1.165) is 12.8 Å². The van der Waals surface area contributed by atoms with E-state index in [4.69, 9.17) is 9.88 Å². The van der Waals surface area contributed by atoms with E-state index in [1.807, 2.05) is 0 Å². The molecule has 1 N–H and O–H groups in total. The van der Waals surface area contributed by atoms with Gasteiger partial charge >= 0.3 is 0 Å². The van der Waals surface area contributed by atoms with Crippen LogP contribution in [0.1, 0.15) is 19.3 Å². The predicted octanol–water partition coefficient (Wildman–Crippen LogP) is 0.126. The van der Waals surface area contributed by atoms with E-state index in [1.54, 1.807) is 0 Å². The van der Waals surface area contributed by atoms with E-state index in [1.165, 1.54) is 0 Å². The third kappa shape index (κ3) is 1.93. The predicted molar refractivity (Wildman–Crippen MR) is 35.6 cm³/mol. The molecule has 1 heterocycles. The fourth-order valence-electron chi connectivity index (χ4n) is 0.956. The Morgan fingerprint density at radius 2 is 2.10 bits per heavy atom. The van der Waals surface area contributed by atoms with E-state index in [-0.39, 0.29) is 0 Å². The van der Waals surface area contributed by atoms with Gasteiger partial charge in [-0.25, -0.2) is 8.42 Å². The largest absolute Gasteiger partial charge is 0.361 e. The zero-order valence-corrected chi connectivity index (χ0v) is 6.36. The highest BCUT2D eigenvalue weighted by Crippen LogP contribution is 2.15. The summed E-state index contributed by atoms with van der Waals surface area (Å²) in [5.74, 6) is 0. The van der Waals surface area contributed by atoms with E-state index in [2.05, 4.69) is 0 Å². The highest BCUT2D eigenvalue weighted by molar-refractivity contribution is 7.89. The first-order chi connectivity index (χ1) is 4.61. The van der Waals surface area contributed by atoms with Crippen molar-refractivity contribution in [2.75, 3.05) is 6.61 Å². The van der Waals surface area contributed by atoms with Gasteiger partial charge in [-0.2, -0.15) is 0 Å². The quantitative estimate of drug-likeness (QED) is 0.553. The van der Waals surface area contributed by atoms with Gasteiger partial charge in [0.2, 0.25) is 0 Å². The summed E-state index contributed by atoms with van der Waals surface area (Å²) in [6, 6.07) is 0. The molecule has 0 aromatic rings. The molecule has 0 amide bonds. The van der Waals surface area contributed by atoms with Gasteiger partial charge in [0.25, 0.3) is 10.0 Å². The number of hydrogen-bond donors (Lipinski definition) is 0. The van der Waals surface area contributed by atoms with E-state index < -0.39 is 15.5 Å². The lowest BCUT2D eigenvalue weighted by atomic mass is 10.2. The van der Waals surface area contributed by atoms with Crippen LogP contribution < -0.4 is 5.14 Å². The van der Waals surface area contributed by atoms with Crippen LogP contribution in [0.25, 0.3) is 0 Å². The molecule has 1 radical (unpaired) electrons. The second kappa shape index (κ2) is 2.86. The molecule has 1 atom stereocenters. The van der Waals surface area contributed by atoms with Crippen molar-refractivity contribution in [2.45, 2.75) is 24.7 Å². The monoisotopic (exact) mass is 164 g/mol. The molecule has 4 nitrogen and oxygen atoms in total. The molecule has 1 aliphatic heterocycles. The Hall–Kier alpha value is -0.130. The van der Waals surface area contributed by atoms with Crippen LogP contribution in [0.4, 0.5) is 0 Å². The maximum absolute atomic E-state index is 10.5. The maximum atomic E-state index is 10.5. The first-order valence-electron chi connectivity index (χ1n) is 3.21. The van der Waals surface area contributed by atoms with E-state index in [9.17, 15) is 8.42 Å². The molecule has 0 aromatic carbocycles. The SMILES string of the molecule is [NH]S(=O)(=O)C1CCCCO1. The van der Waals surface area contributed by atoms with Gasteiger partial charge in [0.15, 0.2) is 5.44 Å². The van der Waals surface area contributed by atoms with Crippen molar-refractivity contribution in [3.05, 3.63) is 0 Å². The number of ether oxygens (including phenoxy) is 1. The van der Waals surface area contributed by atoms with Crippen molar-refractivity contribution in [1.82, 2.24) is 5.14 Å². The highest BCUT2D eigenvalue weighted by Gasteiger charge is 2.24. The lowest BCUT2D eigenvalue weighted by Gasteiger charge is -2.19. The van der Waals surface area contributed by atoms with Gasteiger partial charge in [0.05, 0.1) is 0 Å². The summed E-state index contributed by atoms with van der Waals surface area (Å²) in [5.41, 5.74) is -0.860. The normalized spacial score (nSPS) is 28.3. The molecule has 1 rings (SSSR count). The highest BCUT2D eigenvalue weighted by atomic mass is 32.2. The summed E-state index contributed by atoms with van der Waals surface area (Å²) < 4.78 is 25.9. The Labute approximate surface area is 60.4 Å². The van der Waals surface area contributed by atoms with Crippen molar-refractivity contribution in [3.8, 4) is 0 Å². The van der Waals surface area contributed by atoms with Crippen molar-refractivity contribution in [1.29, 1.82) is 0 Å². The zero-order valence-electron chi connectivity index (χ0n) is 5.54. The van der Waals surface area contributed by atoms with Crippen LogP contribution >= 0.6 is 0 Å². The number of nitrogens with one attached hydrogen (secondary N) is 1. The molecule has 1 aliphatic rings. The zero-order chi connectivity index (χ0) is 7.61. The summed E-state index contributed by atoms with van der Waals surface area (Å²) >= 11 is 0. The van der Waals surface area contributed by atoms with E-state index >= 15 is 0 Å². The van der Waals surface area contributed by atoms with Crippen LogP contribution in [0.2, 0.25) is 0 Å². The van der Waals surface area contributed by atoms with Crippen molar-refractivity contribution < 1.29 is 13.2 Å². The van der Waals surface area contributed by atoms with Gasteiger partial charge in [-0.15, -0.1) is 5.14 Å². The van der Waals surface area contributed by atoms with Gasteiger partial charge in [0, 0.05) is 6.61 Å². The number of rotatable bonds is 1. The average molecular weight is 164 g/mol. The minimum atomic E-state index is -3.70. The Morgan fingerprint density at radius 1 is 1.40 bits per heavy atom. The van der Waals surface area contributed by atoms with Gasteiger partial charge in [-0.05, 0) is 19.3 Å². The standard InChI is InChI=1S/C5H10NO3S/c6-10(7,8)5-3-1-2-4-9-5/h5-6H,1-4H2. The first-order valence-corrected chi connectivity index (χ1v) is 4.75. The van der Waals surface area contributed by atoms with Gasteiger partial charge in [-0.3, -0.25) is 0 Å². The van der Waals surface area contributed by atoms with Crippen molar-refractivity contribution in [2.24, 2.45) is 0 Å². The maximum Gasteiger partial charge on any atom is 0.252 e. The summed E-state index contributed by atoms with van der Waals surface area (Å²) in [7, 11) is -3.70. The smallest absolute Gasteiger partial charge is 0.252 e. The molecule has 5 heteroatoms. The molecule has 0 spiro atoms. The second-order valence-corrected chi connectivity index (χ2v) is 3.96. The molecule has 1 unspecified atom stereocenters. The fourth-order valence-corrected chi connectivity index (χ4v) is 1.71. The van der Waals surface area contributed by atoms with E-state index in [0.29, 0.717) is 13.0 Å². The van der Waals surface area contributed by atoms with Crippen molar-refractivity contribution in [3.63, 3.8) is 0 Å². The topological polar surface area (TPSA) is 67.2 Å². The molecule has 10 heavy (non-hydrogen) atoms. The molecule has 1 saturated heterocycles. The number of sulfonamides is 1. The molecule has 0 aliphatic carbocycles. The van der Waals surface area contributed by atoms with Crippen LogP contribution in [0.3, 0.4) is 0 Å². The Bertz CT molecular complexity index is 193. The van der Waals surface area contributed by atoms with Crippen LogP contribution in [-0.4, -0.2) is 20.5 Å². The molecule has 0 saturated carbocycles.